The second-order valence-electron chi connectivity index (χ2n) is 5.33. The Bertz CT molecular complexity index is 430. The molecular formula is C16H29Cl2N3O. The summed E-state index contributed by atoms with van der Waals surface area (Å²) in [7, 11) is 3.96. The van der Waals surface area contributed by atoms with Crippen molar-refractivity contribution in [3.63, 3.8) is 0 Å². The van der Waals surface area contributed by atoms with E-state index in [2.05, 4.69) is 53.8 Å². The first-order chi connectivity index (χ1) is 9.56. The van der Waals surface area contributed by atoms with E-state index < -0.39 is 0 Å². The van der Waals surface area contributed by atoms with Gasteiger partial charge in [-0.2, -0.15) is 0 Å². The van der Waals surface area contributed by atoms with Gasteiger partial charge in [0.1, 0.15) is 0 Å². The van der Waals surface area contributed by atoms with Gasteiger partial charge in [-0.05, 0) is 31.8 Å². The lowest BCUT2D eigenvalue weighted by Crippen LogP contribution is -2.33. The lowest BCUT2D eigenvalue weighted by Gasteiger charge is -2.15. The Hall–Kier alpha value is -0.810. The topological polar surface area (TPSA) is 44.4 Å². The fourth-order valence-corrected chi connectivity index (χ4v) is 2.02. The van der Waals surface area contributed by atoms with E-state index in [-0.39, 0.29) is 36.6 Å². The summed E-state index contributed by atoms with van der Waals surface area (Å²) in [6, 6.07) is 8.39. The van der Waals surface area contributed by atoms with Crippen molar-refractivity contribution in [3.8, 4) is 0 Å². The third-order valence-electron chi connectivity index (χ3n) is 3.41. The molecule has 0 radical (unpaired) electrons. The van der Waals surface area contributed by atoms with Crippen molar-refractivity contribution in [2.45, 2.75) is 26.9 Å². The largest absolute Gasteiger partial charge is 0.352 e. The summed E-state index contributed by atoms with van der Waals surface area (Å²) in [4.78, 5) is 14.1. The number of hydrogen-bond acceptors (Lipinski definition) is 3. The second kappa shape index (κ2) is 12.7. The van der Waals surface area contributed by atoms with Gasteiger partial charge in [-0.25, -0.2) is 0 Å². The van der Waals surface area contributed by atoms with Crippen molar-refractivity contribution >= 4 is 30.7 Å². The predicted molar refractivity (Wildman–Crippen MR) is 97.9 cm³/mol. The van der Waals surface area contributed by atoms with Crippen molar-refractivity contribution in [2.75, 3.05) is 27.2 Å². The molecule has 22 heavy (non-hydrogen) atoms. The van der Waals surface area contributed by atoms with Gasteiger partial charge in [-0.1, -0.05) is 38.1 Å². The predicted octanol–water partition coefficient (Wildman–Crippen LogP) is 2.45. The van der Waals surface area contributed by atoms with Gasteiger partial charge in [0, 0.05) is 25.6 Å². The van der Waals surface area contributed by atoms with Gasteiger partial charge in [0.2, 0.25) is 5.91 Å². The molecule has 4 nitrogen and oxygen atoms in total. The highest BCUT2D eigenvalue weighted by Gasteiger charge is 2.11. The smallest absolute Gasteiger partial charge is 0.224 e. The maximum absolute atomic E-state index is 11.9. The zero-order chi connectivity index (χ0) is 15.0. The summed E-state index contributed by atoms with van der Waals surface area (Å²) in [6.45, 7) is 7.34. The van der Waals surface area contributed by atoms with Crippen LogP contribution in [0.5, 0.6) is 0 Å². The van der Waals surface area contributed by atoms with Gasteiger partial charge in [-0.3, -0.25) is 4.79 Å². The van der Waals surface area contributed by atoms with E-state index in [1.807, 2.05) is 14.0 Å². The lowest BCUT2D eigenvalue weighted by atomic mass is 10.1. The van der Waals surface area contributed by atoms with Crippen LogP contribution in [0, 0.1) is 5.92 Å². The van der Waals surface area contributed by atoms with E-state index in [0.29, 0.717) is 13.1 Å². The lowest BCUT2D eigenvalue weighted by molar-refractivity contribution is -0.124. The molecule has 0 heterocycles. The van der Waals surface area contributed by atoms with E-state index >= 15 is 0 Å². The number of carbonyl (C=O) groups excluding carboxylic acids is 1. The van der Waals surface area contributed by atoms with Crippen LogP contribution in [0.2, 0.25) is 0 Å². The Morgan fingerprint density at radius 1 is 1.27 bits per heavy atom. The van der Waals surface area contributed by atoms with Crippen LogP contribution < -0.4 is 10.6 Å². The number of amides is 1. The number of hydrogen-bond donors (Lipinski definition) is 2. The van der Waals surface area contributed by atoms with Crippen LogP contribution in [0.15, 0.2) is 24.3 Å². The standard InChI is InChI=1S/C16H27N3O.2ClH/c1-5-19(4)12-15-8-6-7-14(9-15)11-18-16(20)13(2)10-17-3;;/h6-9,13,17H,5,10-12H2,1-4H3,(H,18,20);2*1H. The molecule has 0 aromatic heterocycles. The molecule has 1 amide bonds. The van der Waals surface area contributed by atoms with Crippen LogP contribution in [0.25, 0.3) is 0 Å². The molecular weight excluding hydrogens is 321 g/mol. The minimum absolute atomic E-state index is 0. The van der Waals surface area contributed by atoms with Gasteiger partial charge in [0.05, 0.1) is 0 Å². The molecule has 1 aromatic carbocycles. The molecule has 0 saturated carbocycles. The molecule has 128 valence electrons. The highest BCUT2D eigenvalue weighted by atomic mass is 35.5. The third-order valence-corrected chi connectivity index (χ3v) is 3.41. The number of nitrogens with zero attached hydrogens (tertiary/aromatic N) is 1. The Morgan fingerprint density at radius 2 is 1.91 bits per heavy atom. The minimum Gasteiger partial charge on any atom is -0.352 e. The van der Waals surface area contributed by atoms with Crippen LogP contribution in [-0.2, 0) is 17.9 Å². The van der Waals surface area contributed by atoms with E-state index in [9.17, 15) is 4.79 Å². The first-order valence-electron chi connectivity index (χ1n) is 7.25. The quantitative estimate of drug-likeness (QED) is 0.757. The van der Waals surface area contributed by atoms with Crippen molar-refractivity contribution in [3.05, 3.63) is 35.4 Å². The summed E-state index contributed by atoms with van der Waals surface area (Å²) in [5, 5.41) is 6.00. The van der Waals surface area contributed by atoms with Crippen molar-refractivity contribution in [2.24, 2.45) is 5.92 Å². The highest BCUT2D eigenvalue weighted by Crippen LogP contribution is 2.08. The number of carbonyl (C=O) groups is 1. The van der Waals surface area contributed by atoms with E-state index in [1.165, 1.54) is 5.56 Å². The Morgan fingerprint density at radius 3 is 2.50 bits per heavy atom. The fraction of sp³-hybridized carbons (Fsp3) is 0.562. The highest BCUT2D eigenvalue weighted by molar-refractivity contribution is 5.85. The molecule has 2 N–H and O–H groups in total. The van der Waals surface area contributed by atoms with Crippen molar-refractivity contribution in [1.29, 1.82) is 0 Å². The molecule has 0 fully saturated rings. The molecule has 0 aliphatic heterocycles. The fourth-order valence-electron chi connectivity index (χ4n) is 2.02. The van der Waals surface area contributed by atoms with E-state index in [1.54, 1.807) is 0 Å². The molecule has 6 heteroatoms. The van der Waals surface area contributed by atoms with Crippen LogP contribution in [0.3, 0.4) is 0 Å². The van der Waals surface area contributed by atoms with Gasteiger partial charge < -0.3 is 15.5 Å². The average molecular weight is 350 g/mol. The first kappa shape index (κ1) is 23.5. The van der Waals surface area contributed by atoms with Crippen molar-refractivity contribution in [1.82, 2.24) is 15.5 Å². The first-order valence-corrected chi connectivity index (χ1v) is 7.25. The van der Waals surface area contributed by atoms with Crippen molar-refractivity contribution < 1.29 is 4.79 Å². The van der Waals surface area contributed by atoms with Gasteiger partial charge in [-0.15, -0.1) is 24.8 Å². The molecule has 0 saturated heterocycles. The SMILES string of the molecule is CCN(C)Cc1cccc(CNC(=O)C(C)CNC)c1.Cl.Cl. The Balaban J connectivity index is 0. The monoisotopic (exact) mass is 349 g/mol. The van der Waals surface area contributed by atoms with Gasteiger partial charge >= 0.3 is 0 Å². The molecule has 1 unspecified atom stereocenters. The molecule has 0 spiro atoms. The molecule has 0 aliphatic carbocycles. The zero-order valence-corrected chi connectivity index (χ0v) is 15.5. The summed E-state index contributed by atoms with van der Waals surface area (Å²) < 4.78 is 0. The zero-order valence-electron chi connectivity index (χ0n) is 13.9. The summed E-state index contributed by atoms with van der Waals surface area (Å²) >= 11 is 0. The van der Waals surface area contributed by atoms with Crippen LogP contribution >= 0.6 is 24.8 Å². The van der Waals surface area contributed by atoms with Gasteiger partial charge in [0.25, 0.3) is 0 Å². The normalized spacial score (nSPS) is 11.3. The Kier molecular flexibility index (Phi) is 13.5. The summed E-state index contributed by atoms with van der Waals surface area (Å²) in [5.41, 5.74) is 2.43. The van der Waals surface area contributed by atoms with Gasteiger partial charge in [0.15, 0.2) is 0 Å². The second-order valence-corrected chi connectivity index (χ2v) is 5.33. The third kappa shape index (κ3) is 8.59. The maximum atomic E-state index is 11.9. The molecule has 0 bridgehead atoms. The summed E-state index contributed by atoms with van der Waals surface area (Å²) in [6.07, 6.45) is 0. The molecule has 1 aromatic rings. The molecule has 1 rings (SSSR count). The number of nitrogens with one attached hydrogen (secondary N) is 2. The number of benzene rings is 1. The number of halogens is 2. The average Bonchev–Trinajstić information content (AvgIpc) is 2.45. The molecule has 0 aliphatic rings. The van der Waals surface area contributed by atoms with Crippen LogP contribution in [0.4, 0.5) is 0 Å². The maximum Gasteiger partial charge on any atom is 0.224 e. The van der Waals surface area contributed by atoms with E-state index in [0.717, 1.165) is 18.7 Å². The number of rotatable bonds is 8. The van der Waals surface area contributed by atoms with Crippen LogP contribution in [-0.4, -0.2) is 38.0 Å². The van der Waals surface area contributed by atoms with Crippen LogP contribution in [0.1, 0.15) is 25.0 Å². The van der Waals surface area contributed by atoms with E-state index in [4.69, 9.17) is 0 Å². The summed E-state index contributed by atoms with van der Waals surface area (Å²) in [5.74, 6) is 0.0878. The Labute approximate surface area is 146 Å². The molecule has 1 atom stereocenters. The minimum atomic E-state index is -0.00518.